The van der Waals surface area contributed by atoms with Crippen LogP contribution in [0, 0.1) is 0 Å². The lowest BCUT2D eigenvalue weighted by Crippen LogP contribution is -2.43. The van der Waals surface area contributed by atoms with Crippen LogP contribution in [0.25, 0.3) is 0 Å². The van der Waals surface area contributed by atoms with Crippen molar-refractivity contribution >= 4 is 34.2 Å². The lowest BCUT2D eigenvalue weighted by atomic mass is 10.0. The fourth-order valence-electron chi connectivity index (χ4n) is 3.83. The lowest BCUT2D eigenvalue weighted by molar-refractivity contribution is -0.141. The Balaban J connectivity index is 1.98. The average Bonchev–Trinajstić information content (AvgIpc) is 2.89. The summed E-state index contributed by atoms with van der Waals surface area (Å²) in [6.07, 6.45) is -2.22. The molecule has 0 fully saturated rings. The van der Waals surface area contributed by atoms with Gasteiger partial charge < -0.3 is 19.7 Å². The molecule has 2 atom stereocenters. The zero-order chi connectivity index (χ0) is 26.3. The van der Waals surface area contributed by atoms with E-state index in [1.54, 1.807) is 27.3 Å². The molecule has 192 valence electrons. The molecule has 0 spiro atoms. The molecule has 0 radical (unpaired) electrons. The first kappa shape index (κ1) is 27.6. The van der Waals surface area contributed by atoms with Crippen molar-refractivity contribution in [2.45, 2.75) is 29.1 Å². The summed E-state index contributed by atoms with van der Waals surface area (Å²) >= 11 is 2.26. The number of carbonyl (C=O) groups excluding carboxylic acids is 1. The molecule has 1 N–H and O–H groups in total. The molecule has 0 saturated heterocycles. The highest BCUT2D eigenvalue weighted by Gasteiger charge is 2.33. The molecule has 0 aliphatic carbocycles. The maximum Gasteiger partial charge on any atom is 0.433 e. The summed E-state index contributed by atoms with van der Waals surface area (Å²) in [4.78, 5) is 18.7. The third-order valence-electron chi connectivity index (χ3n) is 5.64. The van der Waals surface area contributed by atoms with Gasteiger partial charge in [0.15, 0.2) is 11.5 Å². The number of nitrogens with zero attached hydrogens (tertiary/aromatic N) is 2. The Bertz CT molecular complexity index is 1140. The van der Waals surface area contributed by atoms with Crippen LogP contribution in [-0.4, -0.2) is 36.2 Å². The van der Waals surface area contributed by atoms with Crippen LogP contribution in [0.4, 0.5) is 18.9 Å². The number of anilines is 1. The van der Waals surface area contributed by atoms with Crippen molar-refractivity contribution in [3.63, 3.8) is 0 Å². The van der Waals surface area contributed by atoms with Gasteiger partial charge in [-0.15, -0.1) is 0 Å². The zero-order valence-electron chi connectivity index (χ0n) is 20.1. The number of rotatable bonds is 10. The number of likely N-dealkylation sites (N-methyl/N-ethyl adjacent to an activating group) is 1. The topological polar surface area (TPSA) is 63.7 Å². The Kier molecular flexibility index (Phi) is 9.41. The van der Waals surface area contributed by atoms with Gasteiger partial charge in [-0.05, 0) is 42.2 Å². The average molecular weight is 613 g/mol. The Labute approximate surface area is 222 Å². The molecule has 0 saturated carbocycles. The normalized spacial score (nSPS) is 13.0. The van der Waals surface area contributed by atoms with E-state index < -0.39 is 17.9 Å². The van der Waals surface area contributed by atoms with Crippen LogP contribution >= 0.6 is 22.6 Å². The van der Waals surface area contributed by atoms with E-state index in [0.717, 1.165) is 17.3 Å². The first-order valence-corrected chi connectivity index (χ1v) is 12.4. The summed E-state index contributed by atoms with van der Waals surface area (Å²) in [5.74, 6) is 0.867. The van der Waals surface area contributed by atoms with E-state index in [9.17, 15) is 18.0 Å². The van der Waals surface area contributed by atoms with Crippen LogP contribution in [0.15, 0.2) is 66.9 Å². The molecule has 10 heteroatoms. The van der Waals surface area contributed by atoms with Crippen LogP contribution < -0.4 is 19.7 Å². The molecular formula is C26H27F3IN3O3. The number of alkyl halides is 4. The number of ether oxygens (including phenoxy) is 2. The number of nitrogens with one attached hydrogen (secondary N) is 1. The standard InChI is InChI=1S/C26H27F3IN3O3/c1-31-25(34)24(18-7-5-4-6-8-18)33(19-11-12-20(35-2)21(15-19)36-3)23(30)14-10-17-9-13-22(32-16-17)26(27,28)29/h4-9,11-13,15-16,23-24H,10,14H2,1-3H3,(H,31,34)/t23-,24?/m1/s1. The van der Waals surface area contributed by atoms with Crippen LogP contribution in [0.3, 0.4) is 0 Å². The first-order chi connectivity index (χ1) is 17.2. The van der Waals surface area contributed by atoms with E-state index in [1.165, 1.54) is 12.3 Å². The molecule has 1 unspecified atom stereocenters. The smallest absolute Gasteiger partial charge is 0.433 e. The van der Waals surface area contributed by atoms with Gasteiger partial charge in [0.05, 0.1) is 18.3 Å². The number of amides is 1. The van der Waals surface area contributed by atoms with Crippen molar-refractivity contribution in [3.8, 4) is 11.5 Å². The zero-order valence-corrected chi connectivity index (χ0v) is 22.2. The van der Waals surface area contributed by atoms with Crippen LogP contribution in [0.5, 0.6) is 11.5 Å². The fraction of sp³-hybridized carbons (Fsp3) is 0.308. The van der Waals surface area contributed by atoms with Crippen molar-refractivity contribution in [2.24, 2.45) is 0 Å². The number of carbonyl (C=O) groups is 1. The number of methoxy groups -OCH3 is 2. The highest BCUT2D eigenvalue weighted by atomic mass is 127. The molecule has 36 heavy (non-hydrogen) atoms. The highest BCUT2D eigenvalue weighted by Crippen LogP contribution is 2.38. The number of hydrogen-bond acceptors (Lipinski definition) is 5. The van der Waals surface area contributed by atoms with E-state index >= 15 is 0 Å². The Morgan fingerprint density at radius 3 is 2.31 bits per heavy atom. The number of benzene rings is 2. The van der Waals surface area contributed by atoms with Gasteiger partial charge in [0, 0.05) is 25.0 Å². The van der Waals surface area contributed by atoms with E-state index in [4.69, 9.17) is 9.47 Å². The second-order valence-electron chi connectivity index (χ2n) is 7.90. The molecule has 2 aromatic carbocycles. The quantitative estimate of drug-likeness (QED) is 0.178. The lowest BCUT2D eigenvalue weighted by Gasteiger charge is -2.37. The summed E-state index contributed by atoms with van der Waals surface area (Å²) in [5, 5.41) is 2.76. The third-order valence-corrected chi connectivity index (χ3v) is 6.86. The minimum absolute atomic E-state index is 0.200. The molecule has 0 aliphatic heterocycles. The van der Waals surface area contributed by atoms with Gasteiger partial charge in [-0.3, -0.25) is 9.78 Å². The second-order valence-corrected chi connectivity index (χ2v) is 9.33. The summed E-state index contributed by atoms with van der Waals surface area (Å²) in [6.45, 7) is 0. The molecule has 6 nitrogen and oxygen atoms in total. The van der Waals surface area contributed by atoms with Gasteiger partial charge in [0.25, 0.3) is 0 Å². The number of aryl methyl sites for hydroxylation is 1. The van der Waals surface area contributed by atoms with Crippen molar-refractivity contribution in [2.75, 3.05) is 26.2 Å². The van der Waals surface area contributed by atoms with Crippen LogP contribution in [0.2, 0.25) is 0 Å². The number of aromatic nitrogens is 1. The largest absolute Gasteiger partial charge is 0.493 e. The van der Waals surface area contributed by atoms with Gasteiger partial charge in [-0.25, -0.2) is 0 Å². The van der Waals surface area contributed by atoms with E-state index in [-0.39, 0.29) is 9.96 Å². The maximum atomic E-state index is 13.2. The van der Waals surface area contributed by atoms with Gasteiger partial charge in [-0.1, -0.05) is 59.0 Å². The third kappa shape index (κ3) is 6.59. The number of pyridine rings is 1. The van der Waals surface area contributed by atoms with Crippen LogP contribution in [-0.2, 0) is 17.4 Å². The van der Waals surface area contributed by atoms with Crippen molar-refractivity contribution in [3.05, 3.63) is 83.7 Å². The highest BCUT2D eigenvalue weighted by molar-refractivity contribution is 14.1. The Morgan fingerprint density at radius 2 is 1.75 bits per heavy atom. The maximum absolute atomic E-state index is 13.2. The summed E-state index contributed by atoms with van der Waals surface area (Å²) < 4.78 is 49.3. The van der Waals surface area contributed by atoms with Gasteiger partial charge in [0.2, 0.25) is 5.91 Å². The van der Waals surface area contributed by atoms with E-state index in [0.29, 0.717) is 29.9 Å². The SMILES string of the molecule is CNC(=O)C(c1ccccc1)N(c1ccc(OC)c(OC)c1)[C@@H](I)CCc1ccc(C(F)(F)F)nc1. The minimum Gasteiger partial charge on any atom is -0.493 e. The van der Waals surface area contributed by atoms with Crippen molar-refractivity contribution in [1.29, 1.82) is 0 Å². The predicted octanol–water partition coefficient (Wildman–Crippen LogP) is 5.81. The predicted molar refractivity (Wildman–Crippen MR) is 141 cm³/mol. The molecule has 1 aromatic heterocycles. The number of hydrogen-bond donors (Lipinski definition) is 1. The van der Waals surface area contributed by atoms with E-state index in [1.807, 2.05) is 47.4 Å². The van der Waals surface area contributed by atoms with Gasteiger partial charge in [-0.2, -0.15) is 13.2 Å². The van der Waals surface area contributed by atoms with E-state index in [2.05, 4.69) is 32.9 Å². The summed E-state index contributed by atoms with van der Waals surface area (Å²) in [5.41, 5.74) is 1.28. The van der Waals surface area contributed by atoms with Crippen LogP contribution in [0.1, 0.15) is 29.3 Å². The first-order valence-electron chi connectivity index (χ1n) is 11.1. The summed E-state index contributed by atoms with van der Waals surface area (Å²) in [6, 6.07) is 16.6. The molecule has 0 bridgehead atoms. The fourth-order valence-corrected chi connectivity index (χ4v) is 4.79. The Morgan fingerprint density at radius 1 is 1.06 bits per heavy atom. The molecule has 3 rings (SSSR count). The molecule has 0 aliphatic rings. The summed E-state index contributed by atoms with van der Waals surface area (Å²) in [7, 11) is 4.67. The van der Waals surface area contributed by atoms with Crippen molar-refractivity contribution in [1.82, 2.24) is 10.3 Å². The molecule has 1 amide bonds. The second kappa shape index (κ2) is 12.3. The van der Waals surface area contributed by atoms with Crippen molar-refractivity contribution < 1.29 is 27.4 Å². The number of halogens is 4. The van der Waals surface area contributed by atoms with Gasteiger partial charge >= 0.3 is 6.18 Å². The minimum atomic E-state index is -4.48. The van der Waals surface area contributed by atoms with Gasteiger partial charge in [0.1, 0.15) is 11.7 Å². The Hall–Kier alpha value is -3.02. The molecule has 1 heterocycles. The molecular weight excluding hydrogens is 586 g/mol. The molecule has 3 aromatic rings. The monoisotopic (exact) mass is 613 g/mol.